The van der Waals surface area contributed by atoms with Crippen molar-refractivity contribution in [2.24, 2.45) is 10.1 Å². The molecule has 0 aromatic heterocycles. The normalized spacial score (nSPS) is 17.6. The van der Waals surface area contributed by atoms with Crippen LogP contribution in [0.2, 0.25) is 0 Å². The predicted molar refractivity (Wildman–Crippen MR) is 94.9 cm³/mol. The number of amidine groups is 1. The largest absolute Gasteiger partial charge is 0.484 e. The predicted octanol–water partition coefficient (Wildman–Crippen LogP) is -0.0132. The van der Waals surface area contributed by atoms with Crippen molar-refractivity contribution in [1.82, 2.24) is 4.90 Å². The molecule has 0 atom stereocenters. The lowest BCUT2D eigenvalue weighted by molar-refractivity contribution is -0.120. The highest BCUT2D eigenvalue weighted by Gasteiger charge is 2.29. The van der Waals surface area contributed by atoms with Gasteiger partial charge in [0.15, 0.2) is 12.4 Å². The summed E-state index contributed by atoms with van der Waals surface area (Å²) in [6, 6.07) is 6.32. The molecule has 26 heavy (non-hydrogen) atoms. The summed E-state index contributed by atoms with van der Waals surface area (Å²) < 4.78 is 32.3. The van der Waals surface area contributed by atoms with Crippen molar-refractivity contribution in [3.63, 3.8) is 0 Å². The van der Waals surface area contributed by atoms with Crippen LogP contribution in [-0.2, 0) is 19.6 Å². The fourth-order valence-corrected chi connectivity index (χ4v) is 3.37. The van der Waals surface area contributed by atoms with Crippen molar-refractivity contribution in [1.29, 1.82) is 0 Å². The molecule has 0 unspecified atom stereocenters. The van der Waals surface area contributed by atoms with Gasteiger partial charge in [-0.15, -0.1) is 4.40 Å². The van der Waals surface area contributed by atoms with Crippen LogP contribution in [0.1, 0.15) is 0 Å². The summed E-state index contributed by atoms with van der Waals surface area (Å²) >= 11 is 0. The number of benzene rings is 1. The second-order valence-electron chi connectivity index (χ2n) is 5.55. The molecule has 2 amide bonds. The number of hydrogen-bond acceptors (Lipinski definition) is 6. The summed E-state index contributed by atoms with van der Waals surface area (Å²) in [7, 11) is -3.57. The van der Waals surface area contributed by atoms with Gasteiger partial charge in [-0.25, -0.2) is 8.42 Å². The van der Waals surface area contributed by atoms with Gasteiger partial charge in [-0.2, -0.15) is 0 Å². The van der Waals surface area contributed by atoms with Gasteiger partial charge in [-0.05, 0) is 36.4 Å². The SMILES string of the molecule is NC(=O)COc1ccc(NC(=O)C2=CC=CN3CCS(=O)(=O)N=C23)cc1. The van der Waals surface area contributed by atoms with E-state index >= 15 is 0 Å². The van der Waals surface area contributed by atoms with Gasteiger partial charge < -0.3 is 20.7 Å². The topological polar surface area (TPSA) is 131 Å². The third-order valence-corrected chi connectivity index (χ3v) is 4.75. The summed E-state index contributed by atoms with van der Waals surface area (Å²) in [5.74, 6) is -0.635. The second kappa shape index (κ2) is 7.00. The van der Waals surface area contributed by atoms with Gasteiger partial charge in [0.25, 0.3) is 21.8 Å². The Hall–Kier alpha value is -3.14. The number of carbonyl (C=O) groups excluding carboxylic acids is 2. The average molecular weight is 376 g/mol. The number of fused-ring (bicyclic) bond motifs is 1. The minimum Gasteiger partial charge on any atom is -0.484 e. The van der Waals surface area contributed by atoms with Crippen LogP contribution in [0.3, 0.4) is 0 Å². The second-order valence-corrected chi connectivity index (χ2v) is 7.30. The Bertz CT molecular complexity index is 932. The molecular weight excluding hydrogens is 360 g/mol. The molecule has 1 aromatic rings. The van der Waals surface area contributed by atoms with E-state index in [1.54, 1.807) is 41.4 Å². The van der Waals surface area contributed by atoms with Crippen molar-refractivity contribution < 1.29 is 22.7 Å². The van der Waals surface area contributed by atoms with E-state index in [0.717, 1.165) is 0 Å². The number of rotatable bonds is 5. The molecule has 136 valence electrons. The number of nitrogens with one attached hydrogen (secondary N) is 1. The first-order valence-corrected chi connectivity index (χ1v) is 9.26. The van der Waals surface area contributed by atoms with E-state index in [4.69, 9.17) is 10.5 Å². The van der Waals surface area contributed by atoms with Crippen LogP contribution in [0.15, 0.2) is 52.6 Å². The summed E-state index contributed by atoms with van der Waals surface area (Å²) in [6.45, 7) is 0.00322. The first-order chi connectivity index (χ1) is 12.3. The first kappa shape index (κ1) is 17.7. The van der Waals surface area contributed by atoms with Crippen molar-refractivity contribution >= 4 is 33.4 Å². The molecule has 0 saturated carbocycles. The van der Waals surface area contributed by atoms with Gasteiger partial charge in [-0.3, -0.25) is 9.59 Å². The molecule has 0 radical (unpaired) electrons. The standard InChI is InChI=1S/C16H16N4O5S/c17-14(21)10-25-12-5-3-11(4-6-12)18-16(22)13-2-1-7-20-8-9-26(23,24)19-15(13)20/h1-7H,8-10H2,(H2,17,21)(H,18,22). The Kier molecular flexibility index (Phi) is 4.76. The van der Waals surface area contributed by atoms with E-state index in [0.29, 0.717) is 11.4 Å². The highest BCUT2D eigenvalue weighted by molar-refractivity contribution is 7.90. The van der Waals surface area contributed by atoms with E-state index in [9.17, 15) is 18.0 Å². The highest BCUT2D eigenvalue weighted by atomic mass is 32.2. The van der Waals surface area contributed by atoms with E-state index < -0.39 is 21.8 Å². The van der Waals surface area contributed by atoms with Gasteiger partial charge in [0.2, 0.25) is 0 Å². The molecular formula is C16H16N4O5S. The number of hydrogen-bond donors (Lipinski definition) is 2. The molecule has 3 rings (SSSR count). The summed E-state index contributed by atoms with van der Waals surface area (Å²) in [6.07, 6.45) is 4.84. The van der Waals surface area contributed by atoms with Gasteiger partial charge in [0, 0.05) is 18.4 Å². The van der Waals surface area contributed by atoms with E-state index in [2.05, 4.69) is 9.71 Å². The van der Waals surface area contributed by atoms with Crippen LogP contribution in [0.4, 0.5) is 5.69 Å². The van der Waals surface area contributed by atoms with Gasteiger partial charge in [0.1, 0.15) is 5.75 Å². The third-order valence-electron chi connectivity index (χ3n) is 3.60. The van der Waals surface area contributed by atoms with Crippen LogP contribution >= 0.6 is 0 Å². The minimum absolute atomic E-state index is 0.0947. The molecule has 2 heterocycles. The average Bonchev–Trinajstić information content (AvgIpc) is 2.59. The zero-order valence-corrected chi connectivity index (χ0v) is 14.4. The fraction of sp³-hybridized carbons (Fsp3) is 0.188. The number of ether oxygens (including phenoxy) is 1. The number of sulfonamides is 1. The van der Waals surface area contributed by atoms with Gasteiger partial charge >= 0.3 is 0 Å². The molecule has 10 heteroatoms. The van der Waals surface area contributed by atoms with E-state index in [1.165, 1.54) is 6.08 Å². The third kappa shape index (κ3) is 4.09. The Morgan fingerprint density at radius 3 is 2.69 bits per heavy atom. The summed E-state index contributed by atoms with van der Waals surface area (Å²) in [5, 5.41) is 2.67. The van der Waals surface area contributed by atoms with Gasteiger partial charge in [0.05, 0.1) is 11.3 Å². The number of primary amides is 1. The number of nitrogens with two attached hydrogens (primary N) is 1. The highest BCUT2D eigenvalue weighted by Crippen LogP contribution is 2.20. The number of nitrogens with zero attached hydrogens (tertiary/aromatic N) is 2. The Morgan fingerprint density at radius 1 is 1.27 bits per heavy atom. The Balaban J connectivity index is 1.73. The van der Waals surface area contributed by atoms with E-state index in [-0.39, 0.29) is 30.3 Å². The van der Waals surface area contributed by atoms with Crippen LogP contribution in [0.5, 0.6) is 5.75 Å². The quantitative estimate of drug-likeness (QED) is 0.743. The molecule has 0 bridgehead atoms. The van der Waals surface area contributed by atoms with Gasteiger partial charge in [-0.1, -0.05) is 0 Å². The molecule has 0 fully saturated rings. The lowest BCUT2D eigenvalue weighted by Gasteiger charge is -2.28. The number of amides is 2. The Labute approximate surface area is 149 Å². The fourth-order valence-electron chi connectivity index (χ4n) is 2.38. The minimum atomic E-state index is -3.57. The number of anilines is 1. The molecule has 0 spiro atoms. The van der Waals surface area contributed by atoms with Crippen LogP contribution < -0.4 is 15.8 Å². The summed E-state index contributed by atoms with van der Waals surface area (Å²) in [5.41, 5.74) is 5.63. The van der Waals surface area contributed by atoms with Crippen molar-refractivity contribution in [3.05, 3.63) is 48.2 Å². The van der Waals surface area contributed by atoms with Crippen molar-refractivity contribution in [3.8, 4) is 5.75 Å². The Morgan fingerprint density at radius 2 is 2.00 bits per heavy atom. The molecule has 3 N–H and O–H groups in total. The molecule has 1 aromatic carbocycles. The number of carbonyl (C=O) groups is 2. The van der Waals surface area contributed by atoms with Crippen LogP contribution in [0.25, 0.3) is 0 Å². The molecule has 2 aliphatic heterocycles. The maximum atomic E-state index is 12.5. The smallest absolute Gasteiger partial charge is 0.259 e. The molecule has 0 saturated heterocycles. The monoisotopic (exact) mass is 376 g/mol. The first-order valence-electron chi connectivity index (χ1n) is 7.65. The summed E-state index contributed by atoms with van der Waals surface area (Å²) in [4.78, 5) is 24.8. The van der Waals surface area contributed by atoms with E-state index in [1.807, 2.05) is 0 Å². The lowest BCUT2D eigenvalue weighted by Crippen LogP contribution is -2.40. The maximum absolute atomic E-state index is 12.5. The number of allylic oxidation sites excluding steroid dienone is 2. The zero-order chi connectivity index (χ0) is 18.7. The zero-order valence-electron chi connectivity index (χ0n) is 13.6. The lowest BCUT2D eigenvalue weighted by atomic mass is 10.1. The van der Waals surface area contributed by atoms with Crippen molar-refractivity contribution in [2.45, 2.75) is 0 Å². The molecule has 0 aliphatic carbocycles. The molecule has 9 nitrogen and oxygen atoms in total. The maximum Gasteiger partial charge on any atom is 0.259 e. The van der Waals surface area contributed by atoms with Crippen LogP contribution in [0, 0.1) is 0 Å². The van der Waals surface area contributed by atoms with Crippen molar-refractivity contribution in [2.75, 3.05) is 24.2 Å². The van der Waals surface area contributed by atoms with Crippen LogP contribution in [-0.4, -0.2) is 49.9 Å². The molecule has 2 aliphatic rings.